The van der Waals surface area contributed by atoms with E-state index in [9.17, 15) is 9.59 Å². The Balaban J connectivity index is 1.70. The van der Waals surface area contributed by atoms with Crippen LogP contribution in [0.4, 0.5) is 0 Å². The van der Waals surface area contributed by atoms with E-state index in [-0.39, 0.29) is 24.2 Å². The molecule has 132 valence electrons. The first-order valence-electron chi connectivity index (χ1n) is 8.82. The number of carbonyl (C=O) groups is 2. The van der Waals surface area contributed by atoms with E-state index < -0.39 is 5.60 Å². The first kappa shape index (κ1) is 17.4. The summed E-state index contributed by atoms with van der Waals surface area (Å²) < 4.78 is 5.66. The maximum Gasteiger partial charge on any atom is 0.307 e. The molecule has 1 aromatic rings. The summed E-state index contributed by atoms with van der Waals surface area (Å²) in [6.45, 7) is 4.72. The molecule has 5 nitrogen and oxygen atoms in total. The third kappa shape index (κ3) is 3.34. The van der Waals surface area contributed by atoms with Crippen molar-refractivity contribution in [2.45, 2.75) is 70.4 Å². The summed E-state index contributed by atoms with van der Waals surface area (Å²) in [5.41, 5.74) is 0.369. The third-order valence-electron chi connectivity index (χ3n) is 5.16. The molecule has 1 saturated heterocycles. The molecule has 2 fully saturated rings. The highest BCUT2D eigenvalue weighted by molar-refractivity contribution is 7.09. The SMILES string of the molecule is CC(C)c1nc(CN(C)C(=O)[C@H]2CC(=O)OC23CCCCC3)cs1. The molecule has 0 N–H and O–H groups in total. The molecule has 3 rings (SSSR count). The molecule has 2 heterocycles. The minimum absolute atomic E-state index is 0.0156. The van der Waals surface area contributed by atoms with Gasteiger partial charge in [-0.2, -0.15) is 0 Å². The van der Waals surface area contributed by atoms with E-state index in [0.29, 0.717) is 12.5 Å². The fourth-order valence-corrected chi connectivity index (χ4v) is 4.68. The van der Waals surface area contributed by atoms with E-state index in [2.05, 4.69) is 18.8 Å². The van der Waals surface area contributed by atoms with Crippen LogP contribution in [-0.4, -0.2) is 34.4 Å². The van der Waals surface area contributed by atoms with Crippen molar-refractivity contribution in [3.63, 3.8) is 0 Å². The van der Waals surface area contributed by atoms with Crippen molar-refractivity contribution in [1.29, 1.82) is 0 Å². The predicted octanol–water partition coefficient (Wildman–Crippen LogP) is 3.49. The van der Waals surface area contributed by atoms with Gasteiger partial charge in [-0.1, -0.05) is 20.3 Å². The molecule has 0 bridgehead atoms. The van der Waals surface area contributed by atoms with Gasteiger partial charge in [-0.05, 0) is 25.7 Å². The molecule has 0 aromatic carbocycles. The number of amides is 1. The fraction of sp³-hybridized carbons (Fsp3) is 0.722. The summed E-state index contributed by atoms with van der Waals surface area (Å²) in [6.07, 6.45) is 5.08. The van der Waals surface area contributed by atoms with Crippen LogP contribution in [0.1, 0.15) is 69.0 Å². The maximum absolute atomic E-state index is 13.0. The molecule has 1 aliphatic carbocycles. The van der Waals surface area contributed by atoms with Crippen LogP contribution in [0.3, 0.4) is 0 Å². The zero-order valence-corrected chi connectivity index (χ0v) is 15.5. The molecule has 1 atom stereocenters. The Hall–Kier alpha value is -1.43. The van der Waals surface area contributed by atoms with Crippen molar-refractivity contribution in [2.75, 3.05) is 7.05 Å². The van der Waals surface area contributed by atoms with Gasteiger partial charge in [-0.3, -0.25) is 9.59 Å². The lowest BCUT2D eigenvalue weighted by Crippen LogP contribution is -2.46. The first-order chi connectivity index (χ1) is 11.4. The van der Waals surface area contributed by atoms with E-state index in [1.165, 1.54) is 0 Å². The fourth-order valence-electron chi connectivity index (χ4n) is 3.85. The normalized spacial score (nSPS) is 22.8. The van der Waals surface area contributed by atoms with E-state index in [1.807, 2.05) is 5.38 Å². The molecule has 2 aliphatic rings. The standard InChI is InChI=1S/C18H26N2O3S/c1-12(2)16-19-13(11-24-16)10-20(3)17(22)14-9-15(21)23-18(14)7-5-4-6-8-18/h11-12,14H,4-10H2,1-3H3/t14-/m1/s1. The number of nitrogens with zero attached hydrogens (tertiary/aromatic N) is 2. The summed E-state index contributed by atoms with van der Waals surface area (Å²) >= 11 is 1.64. The second kappa shape index (κ2) is 6.82. The summed E-state index contributed by atoms with van der Waals surface area (Å²) in [5, 5.41) is 3.11. The van der Waals surface area contributed by atoms with E-state index >= 15 is 0 Å². The number of ether oxygens (including phenoxy) is 1. The van der Waals surface area contributed by atoms with Crippen molar-refractivity contribution in [1.82, 2.24) is 9.88 Å². The Morgan fingerprint density at radius 1 is 1.42 bits per heavy atom. The molecule has 24 heavy (non-hydrogen) atoms. The van der Waals surface area contributed by atoms with Crippen LogP contribution in [0.2, 0.25) is 0 Å². The van der Waals surface area contributed by atoms with Gasteiger partial charge in [0, 0.05) is 18.3 Å². The third-order valence-corrected chi connectivity index (χ3v) is 6.35. The minimum Gasteiger partial charge on any atom is -0.458 e. The van der Waals surface area contributed by atoms with Crippen molar-refractivity contribution < 1.29 is 14.3 Å². The summed E-state index contributed by atoms with van der Waals surface area (Å²) in [5.74, 6) is -0.143. The van der Waals surface area contributed by atoms with Crippen LogP contribution < -0.4 is 0 Å². The van der Waals surface area contributed by atoms with Gasteiger partial charge in [-0.25, -0.2) is 4.98 Å². The molecule has 0 radical (unpaired) electrons. The van der Waals surface area contributed by atoms with Crippen molar-refractivity contribution in [3.8, 4) is 0 Å². The van der Waals surface area contributed by atoms with Gasteiger partial charge in [0.05, 0.1) is 29.6 Å². The largest absolute Gasteiger partial charge is 0.458 e. The highest BCUT2D eigenvalue weighted by Gasteiger charge is 2.53. The molecular formula is C18H26N2O3S. The van der Waals surface area contributed by atoms with Gasteiger partial charge in [-0.15, -0.1) is 11.3 Å². The van der Waals surface area contributed by atoms with Gasteiger partial charge >= 0.3 is 5.97 Å². The van der Waals surface area contributed by atoms with E-state index in [0.717, 1.165) is 42.8 Å². The second-order valence-corrected chi connectivity index (χ2v) is 8.27. The number of aromatic nitrogens is 1. The topological polar surface area (TPSA) is 59.5 Å². The van der Waals surface area contributed by atoms with Crippen LogP contribution in [0.25, 0.3) is 0 Å². The van der Waals surface area contributed by atoms with Crippen LogP contribution in [-0.2, 0) is 20.9 Å². The predicted molar refractivity (Wildman–Crippen MR) is 92.7 cm³/mol. The van der Waals surface area contributed by atoms with Crippen molar-refractivity contribution in [2.24, 2.45) is 5.92 Å². The molecule has 1 aromatic heterocycles. The highest BCUT2D eigenvalue weighted by Crippen LogP contribution is 2.44. The lowest BCUT2D eigenvalue weighted by atomic mass is 9.75. The van der Waals surface area contributed by atoms with E-state index in [1.54, 1.807) is 23.3 Å². The summed E-state index contributed by atoms with van der Waals surface area (Å²) in [4.78, 5) is 31.2. The van der Waals surface area contributed by atoms with E-state index in [4.69, 9.17) is 4.74 Å². The quantitative estimate of drug-likeness (QED) is 0.780. The lowest BCUT2D eigenvalue weighted by molar-refractivity contribution is -0.155. The first-order valence-corrected chi connectivity index (χ1v) is 9.70. The van der Waals surface area contributed by atoms with Crippen LogP contribution in [0.15, 0.2) is 5.38 Å². The summed E-state index contributed by atoms with van der Waals surface area (Å²) in [6, 6.07) is 0. The van der Waals surface area contributed by atoms with Crippen LogP contribution in [0, 0.1) is 5.92 Å². The zero-order chi connectivity index (χ0) is 17.3. The van der Waals surface area contributed by atoms with Crippen molar-refractivity contribution in [3.05, 3.63) is 16.1 Å². The maximum atomic E-state index is 13.0. The average molecular weight is 350 g/mol. The zero-order valence-electron chi connectivity index (χ0n) is 14.7. The van der Waals surface area contributed by atoms with Gasteiger partial charge in [0.1, 0.15) is 5.60 Å². The molecule has 1 saturated carbocycles. The number of hydrogen-bond donors (Lipinski definition) is 0. The number of rotatable bonds is 4. The molecular weight excluding hydrogens is 324 g/mol. The van der Waals surface area contributed by atoms with Gasteiger partial charge in [0.2, 0.25) is 5.91 Å². The Morgan fingerprint density at radius 3 is 2.75 bits per heavy atom. The number of thiazole rings is 1. The second-order valence-electron chi connectivity index (χ2n) is 7.38. The monoisotopic (exact) mass is 350 g/mol. The molecule has 0 unspecified atom stereocenters. The van der Waals surface area contributed by atoms with Crippen LogP contribution in [0.5, 0.6) is 0 Å². The van der Waals surface area contributed by atoms with Crippen LogP contribution >= 0.6 is 11.3 Å². The molecule has 1 spiro atoms. The number of hydrogen-bond acceptors (Lipinski definition) is 5. The van der Waals surface area contributed by atoms with Crippen molar-refractivity contribution >= 4 is 23.2 Å². The molecule has 1 aliphatic heterocycles. The Kier molecular flexibility index (Phi) is 4.95. The van der Waals surface area contributed by atoms with Gasteiger partial charge < -0.3 is 9.64 Å². The Morgan fingerprint density at radius 2 is 2.12 bits per heavy atom. The minimum atomic E-state index is -0.550. The average Bonchev–Trinajstić information content (AvgIpc) is 3.12. The van der Waals surface area contributed by atoms with Gasteiger partial charge in [0.15, 0.2) is 0 Å². The smallest absolute Gasteiger partial charge is 0.307 e. The lowest BCUT2D eigenvalue weighted by Gasteiger charge is -2.37. The Labute approximate surface area is 147 Å². The Bertz CT molecular complexity index is 620. The van der Waals surface area contributed by atoms with Gasteiger partial charge in [0.25, 0.3) is 0 Å². The number of carbonyl (C=O) groups excluding carboxylic acids is 2. The molecule has 6 heteroatoms. The summed E-state index contributed by atoms with van der Waals surface area (Å²) in [7, 11) is 1.80. The highest BCUT2D eigenvalue weighted by atomic mass is 32.1. The molecule has 1 amide bonds. The number of esters is 1.